The predicted molar refractivity (Wildman–Crippen MR) is 84.6 cm³/mol. The number of halogens is 1. The predicted octanol–water partition coefficient (Wildman–Crippen LogP) is 0.748. The van der Waals surface area contributed by atoms with E-state index in [9.17, 15) is 9.18 Å². The molecule has 1 aromatic heterocycles. The van der Waals surface area contributed by atoms with Crippen molar-refractivity contribution in [1.29, 1.82) is 0 Å². The molecule has 3 rings (SSSR count). The molecule has 2 atom stereocenters. The topological polar surface area (TPSA) is 68.2 Å². The van der Waals surface area contributed by atoms with Gasteiger partial charge in [-0.05, 0) is 24.6 Å². The van der Waals surface area contributed by atoms with Crippen molar-refractivity contribution >= 4 is 16.9 Å². The van der Waals surface area contributed by atoms with Crippen molar-refractivity contribution in [3.8, 4) is 0 Å². The average Bonchev–Trinajstić information content (AvgIpc) is 3.14. The lowest BCUT2D eigenvalue weighted by Crippen LogP contribution is -2.41. The number of aromatic nitrogens is 2. The van der Waals surface area contributed by atoms with E-state index in [1.54, 1.807) is 13.2 Å². The molecule has 0 aliphatic carbocycles. The number of benzene rings is 1. The van der Waals surface area contributed by atoms with Crippen LogP contribution in [-0.4, -0.2) is 47.8 Å². The Balaban J connectivity index is 1.57. The van der Waals surface area contributed by atoms with Gasteiger partial charge < -0.3 is 19.9 Å². The lowest BCUT2D eigenvalue weighted by Gasteiger charge is -2.11. The van der Waals surface area contributed by atoms with Crippen LogP contribution in [0.3, 0.4) is 0 Å². The van der Waals surface area contributed by atoms with Gasteiger partial charge in [0.15, 0.2) is 0 Å². The summed E-state index contributed by atoms with van der Waals surface area (Å²) in [6, 6.07) is 4.34. The van der Waals surface area contributed by atoms with Crippen LogP contribution < -0.4 is 10.6 Å². The van der Waals surface area contributed by atoms with E-state index in [0.29, 0.717) is 25.9 Å². The van der Waals surface area contributed by atoms with Gasteiger partial charge in [-0.1, -0.05) is 0 Å². The Morgan fingerprint density at radius 3 is 3.13 bits per heavy atom. The maximum atomic E-state index is 13.3. The fourth-order valence-corrected chi connectivity index (χ4v) is 2.94. The summed E-state index contributed by atoms with van der Waals surface area (Å²) in [6.45, 7) is 1.19. The molecule has 1 amide bonds. The summed E-state index contributed by atoms with van der Waals surface area (Å²) in [5, 5.41) is 6.06. The number of nitrogens with zero attached hydrogens (tertiary/aromatic N) is 2. The smallest absolute Gasteiger partial charge is 0.237 e. The number of aryl methyl sites for hydroxylation is 1. The molecular weight excluding hydrogens is 299 g/mol. The fraction of sp³-hybridized carbons (Fsp3) is 0.500. The maximum absolute atomic E-state index is 13.3. The van der Waals surface area contributed by atoms with Crippen molar-refractivity contribution in [1.82, 2.24) is 20.2 Å². The quantitative estimate of drug-likeness (QED) is 0.853. The lowest BCUT2D eigenvalue weighted by atomic mass is 10.2. The standard InChI is InChI=1S/C16H21FN4O2/c1-21-14-7-10(17)3-4-12(14)20-15(21)5-6-18-16(22)13-8-11(23-2)9-19-13/h3-4,7,11,13,19H,5-6,8-9H2,1-2H3,(H,18,22)/t11-,13+/m0/s1. The summed E-state index contributed by atoms with van der Waals surface area (Å²) in [5.74, 6) is 0.523. The maximum Gasteiger partial charge on any atom is 0.237 e. The minimum atomic E-state index is -0.277. The third-order valence-electron chi connectivity index (χ3n) is 4.32. The Bertz CT molecular complexity index is 715. The molecule has 2 N–H and O–H groups in total. The first-order chi connectivity index (χ1) is 11.1. The molecule has 0 bridgehead atoms. The molecule has 1 aromatic carbocycles. The molecule has 2 aromatic rings. The van der Waals surface area contributed by atoms with Crippen LogP contribution in [-0.2, 0) is 23.0 Å². The van der Waals surface area contributed by atoms with Crippen molar-refractivity contribution in [3.63, 3.8) is 0 Å². The minimum Gasteiger partial charge on any atom is -0.380 e. The molecule has 2 heterocycles. The van der Waals surface area contributed by atoms with Crippen LogP contribution in [0.25, 0.3) is 11.0 Å². The van der Waals surface area contributed by atoms with Gasteiger partial charge in [-0.25, -0.2) is 9.37 Å². The Hall–Kier alpha value is -1.99. The third kappa shape index (κ3) is 3.35. The second kappa shape index (κ2) is 6.64. The molecule has 0 unspecified atom stereocenters. The molecule has 1 aliphatic heterocycles. The molecule has 1 fully saturated rings. The molecule has 1 aliphatic rings. The average molecular weight is 320 g/mol. The molecular formula is C16H21FN4O2. The van der Waals surface area contributed by atoms with E-state index in [4.69, 9.17) is 4.74 Å². The lowest BCUT2D eigenvalue weighted by molar-refractivity contribution is -0.122. The number of amides is 1. The van der Waals surface area contributed by atoms with Crippen LogP contribution in [0.15, 0.2) is 18.2 Å². The number of carbonyl (C=O) groups excluding carboxylic acids is 1. The normalized spacial score (nSPS) is 21.0. The van der Waals surface area contributed by atoms with Gasteiger partial charge in [0, 0.05) is 33.7 Å². The summed E-state index contributed by atoms with van der Waals surface area (Å²) in [7, 11) is 3.51. The molecule has 0 radical (unpaired) electrons. The molecule has 7 heteroatoms. The highest BCUT2D eigenvalue weighted by Gasteiger charge is 2.28. The fourth-order valence-electron chi connectivity index (χ4n) is 2.94. The highest BCUT2D eigenvalue weighted by molar-refractivity contribution is 5.82. The van der Waals surface area contributed by atoms with E-state index >= 15 is 0 Å². The first-order valence-electron chi connectivity index (χ1n) is 7.73. The van der Waals surface area contributed by atoms with Gasteiger partial charge in [0.25, 0.3) is 0 Å². The summed E-state index contributed by atoms with van der Waals surface area (Å²) in [5.41, 5.74) is 1.52. The summed E-state index contributed by atoms with van der Waals surface area (Å²) >= 11 is 0. The van der Waals surface area contributed by atoms with Crippen LogP contribution in [0.2, 0.25) is 0 Å². The molecule has 124 valence electrons. The number of carbonyl (C=O) groups is 1. The van der Waals surface area contributed by atoms with Gasteiger partial charge in [-0.15, -0.1) is 0 Å². The molecule has 0 saturated carbocycles. The van der Waals surface area contributed by atoms with E-state index in [1.165, 1.54) is 12.1 Å². The number of rotatable bonds is 5. The highest BCUT2D eigenvalue weighted by Crippen LogP contribution is 2.16. The second-order valence-electron chi connectivity index (χ2n) is 5.82. The van der Waals surface area contributed by atoms with Crippen LogP contribution in [0.4, 0.5) is 4.39 Å². The van der Waals surface area contributed by atoms with E-state index < -0.39 is 0 Å². The Kier molecular flexibility index (Phi) is 4.58. The monoisotopic (exact) mass is 320 g/mol. The number of ether oxygens (including phenoxy) is 1. The number of fused-ring (bicyclic) bond motifs is 1. The van der Waals surface area contributed by atoms with Crippen LogP contribution in [0.1, 0.15) is 12.2 Å². The van der Waals surface area contributed by atoms with Crippen LogP contribution in [0.5, 0.6) is 0 Å². The zero-order valence-electron chi connectivity index (χ0n) is 13.3. The largest absolute Gasteiger partial charge is 0.380 e. The Morgan fingerprint density at radius 1 is 1.57 bits per heavy atom. The molecule has 6 nitrogen and oxygen atoms in total. The zero-order valence-corrected chi connectivity index (χ0v) is 13.3. The van der Waals surface area contributed by atoms with Gasteiger partial charge in [0.05, 0.1) is 23.2 Å². The molecule has 0 spiro atoms. The van der Waals surface area contributed by atoms with Crippen molar-refractivity contribution in [2.45, 2.75) is 25.0 Å². The van der Waals surface area contributed by atoms with Gasteiger partial charge in [0.2, 0.25) is 5.91 Å². The third-order valence-corrected chi connectivity index (χ3v) is 4.32. The molecule has 23 heavy (non-hydrogen) atoms. The summed E-state index contributed by atoms with van der Waals surface area (Å²) in [6.07, 6.45) is 1.38. The van der Waals surface area contributed by atoms with Crippen molar-refractivity contribution < 1.29 is 13.9 Å². The van der Waals surface area contributed by atoms with Crippen LogP contribution in [0, 0.1) is 5.82 Å². The second-order valence-corrected chi connectivity index (χ2v) is 5.82. The SMILES string of the molecule is CO[C@@H]1CN[C@@H](C(=O)NCCc2nc3ccc(F)cc3n2C)C1. The first kappa shape index (κ1) is 15.9. The van der Waals surface area contributed by atoms with Crippen molar-refractivity contribution in [3.05, 3.63) is 29.8 Å². The number of hydrogen-bond donors (Lipinski definition) is 2. The van der Waals surface area contributed by atoms with Gasteiger partial charge in [0.1, 0.15) is 11.6 Å². The van der Waals surface area contributed by atoms with E-state index in [-0.39, 0.29) is 23.9 Å². The van der Waals surface area contributed by atoms with Gasteiger partial charge >= 0.3 is 0 Å². The van der Waals surface area contributed by atoms with Gasteiger partial charge in [-0.3, -0.25) is 4.79 Å². The first-order valence-corrected chi connectivity index (χ1v) is 7.73. The number of imidazole rings is 1. The van der Waals surface area contributed by atoms with E-state index in [0.717, 1.165) is 16.9 Å². The Labute approximate surface area is 134 Å². The van der Waals surface area contributed by atoms with Crippen molar-refractivity contribution in [2.24, 2.45) is 7.05 Å². The zero-order chi connectivity index (χ0) is 16.4. The molecule has 1 saturated heterocycles. The highest BCUT2D eigenvalue weighted by atomic mass is 19.1. The van der Waals surface area contributed by atoms with E-state index in [1.807, 2.05) is 11.6 Å². The number of nitrogens with one attached hydrogen (secondary N) is 2. The summed E-state index contributed by atoms with van der Waals surface area (Å²) in [4.78, 5) is 16.6. The van der Waals surface area contributed by atoms with Gasteiger partial charge in [-0.2, -0.15) is 0 Å². The van der Waals surface area contributed by atoms with Crippen LogP contribution >= 0.6 is 0 Å². The van der Waals surface area contributed by atoms with Crippen molar-refractivity contribution in [2.75, 3.05) is 20.2 Å². The minimum absolute atomic E-state index is 0.0191. The Morgan fingerprint density at radius 2 is 2.39 bits per heavy atom. The summed E-state index contributed by atoms with van der Waals surface area (Å²) < 4.78 is 20.4. The number of hydrogen-bond acceptors (Lipinski definition) is 4. The number of methoxy groups -OCH3 is 1. The van der Waals surface area contributed by atoms with E-state index in [2.05, 4.69) is 15.6 Å².